The lowest BCUT2D eigenvalue weighted by Crippen LogP contribution is -1.87. The molecule has 0 unspecified atom stereocenters. The molecule has 0 atom stereocenters. The molecule has 1 nitrogen and oxygen atoms in total. The Balaban J connectivity index is 2.72. The van der Waals surface area contributed by atoms with E-state index in [0.717, 1.165) is 18.4 Å². The van der Waals surface area contributed by atoms with Crippen LogP contribution in [-0.4, -0.2) is 11.7 Å². The minimum Gasteiger partial charge on any atom is -0.396 e. The van der Waals surface area contributed by atoms with Gasteiger partial charge in [0.2, 0.25) is 0 Å². The molecule has 0 aliphatic heterocycles. The first kappa shape index (κ1) is 12.8. The predicted molar refractivity (Wildman–Crippen MR) is 69.2 cm³/mol. The summed E-state index contributed by atoms with van der Waals surface area (Å²) < 4.78 is 0. The zero-order chi connectivity index (χ0) is 11.6. The van der Waals surface area contributed by atoms with Crippen LogP contribution in [0.2, 0.25) is 0 Å². The summed E-state index contributed by atoms with van der Waals surface area (Å²) in [5, 5.41) is 8.96. The molecule has 0 amide bonds. The third kappa shape index (κ3) is 4.97. The summed E-state index contributed by atoms with van der Waals surface area (Å²) >= 11 is 0. The smallest absolute Gasteiger partial charge is 0.0474 e. The van der Waals surface area contributed by atoms with Crippen LogP contribution in [0.15, 0.2) is 41.6 Å². The average Bonchev–Trinajstić information content (AvgIpc) is 2.34. The summed E-state index contributed by atoms with van der Waals surface area (Å²) in [6, 6.07) is 10.2. The molecule has 0 heterocycles. The molecule has 0 radical (unpaired) electrons. The van der Waals surface area contributed by atoms with Gasteiger partial charge in [0.25, 0.3) is 0 Å². The van der Waals surface area contributed by atoms with Crippen molar-refractivity contribution in [3.05, 3.63) is 47.2 Å². The fraction of sp³-hybridized carbons (Fsp3) is 0.400. The maximum absolute atomic E-state index is 8.96. The second-order valence-corrected chi connectivity index (χ2v) is 3.88. The van der Waals surface area contributed by atoms with E-state index in [4.69, 9.17) is 5.11 Å². The molecular weight excluding hydrogens is 196 g/mol. The molecule has 0 bridgehead atoms. The molecule has 1 aromatic carbocycles. The lowest BCUT2D eigenvalue weighted by Gasteiger charge is -2.00. The van der Waals surface area contributed by atoms with Crippen molar-refractivity contribution in [3.63, 3.8) is 0 Å². The number of benzene rings is 1. The minimum atomic E-state index is 0.217. The van der Waals surface area contributed by atoms with Crippen molar-refractivity contribution in [1.29, 1.82) is 0 Å². The Morgan fingerprint density at radius 1 is 1.25 bits per heavy atom. The quantitative estimate of drug-likeness (QED) is 0.717. The molecule has 0 aromatic heterocycles. The summed E-state index contributed by atoms with van der Waals surface area (Å²) in [4.78, 5) is 0. The van der Waals surface area contributed by atoms with Gasteiger partial charge in [-0.15, -0.1) is 5.73 Å². The topological polar surface area (TPSA) is 20.2 Å². The molecule has 86 valence electrons. The fourth-order valence-electron chi connectivity index (χ4n) is 1.53. The Kier molecular flexibility index (Phi) is 6.32. The molecule has 1 N–H and O–H groups in total. The Morgan fingerprint density at radius 3 is 2.62 bits per heavy atom. The Morgan fingerprint density at radius 2 is 2.00 bits per heavy atom. The van der Waals surface area contributed by atoms with Crippen molar-refractivity contribution in [2.24, 2.45) is 0 Å². The van der Waals surface area contributed by atoms with Crippen LogP contribution in [-0.2, 0) is 0 Å². The molecule has 0 aliphatic carbocycles. The second-order valence-electron chi connectivity index (χ2n) is 3.88. The summed E-state index contributed by atoms with van der Waals surface area (Å²) in [6.07, 6.45) is 6.14. The van der Waals surface area contributed by atoms with E-state index in [1.165, 1.54) is 18.4 Å². The highest BCUT2D eigenvalue weighted by atomic mass is 16.2. The number of rotatable bonds is 6. The van der Waals surface area contributed by atoms with Gasteiger partial charge in [0.15, 0.2) is 0 Å². The SMILES string of the molecule is CCCCC(=C=Cc1ccccc1)CCO. The summed E-state index contributed by atoms with van der Waals surface area (Å²) in [5.41, 5.74) is 5.68. The standard InChI is InChI=1S/C15H20O/c1-2-3-7-15(12-13-16)11-10-14-8-5-4-6-9-14/h4-6,8-10,16H,2-3,7,12-13H2,1H3. The van der Waals surface area contributed by atoms with Gasteiger partial charge < -0.3 is 5.11 Å². The van der Waals surface area contributed by atoms with Crippen LogP contribution in [0.1, 0.15) is 38.2 Å². The van der Waals surface area contributed by atoms with Gasteiger partial charge in [0.1, 0.15) is 0 Å². The average molecular weight is 216 g/mol. The highest BCUT2D eigenvalue weighted by Crippen LogP contribution is 2.10. The molecule has 0 fully saturated rings. The molecule has 0 saturated heterocycles. The van der Waals surface area contributed by atoms with Gasteiger partial charge in [-0.1, -0.05) is 43.7 Å². The zero-order valence-corrected chi connectivity index (χ0v) is 9.95. The van der Waals surface area contributed by atoms with Crippen LogP contribution in [0.5, 0.6) is 0 Å². The van der Waals surface area contributed by atoms with Crippen molar-refractivity contribution in [2.75, 3.05) is 6.61 Å². The summed E-state index contributed by atoms with van der Waals surface area (Å²) in [5.74, 6) is 0. The Labute approximate surface area is 98.1 Å². The first-order valence-electron chi connectivity index (χ1n) is 5.97. The molecule has 0 spiro atoms. The number of unbranched alkanes of at least 4 members (excludes halogenated alkanes) is 1. The maximum atomic E-state index is 8.96. The normalized spacial score (nSPS) is 9.62. The Hall–Kier alpha value is -1.30. The first-order valence-corrected chi connectivity index (χ1v) is 5.97. The summed E-state index contributed by atoms with van der Waals surface area (Å²) in [6.45, 7) is 2.39. The van der Waals surface area contributed by atoms with E-state index >= 15 is 0 Å². The van der Waals surface area contributed by atoms with Crippen molar-refractivity contribution >= 4 is 6.08 Å². The van der Waals surface area contributed by atoms with Gasteiger partial charge in [-0.25, -0.2) is 0 Å². The van der Waals surface area contributed by atoms with Crippen molar-refractivity contribution in [2.45, 2.75) is 32.6 Å². The van der Waals surface area contributed by atoms with E-state index in [-0.39, 0.29) is 6.61 Å². The van der Waals surface area contributed by atoms with Gasteiger partial charge in [0.05, 0.1) is 0 Å². The monoisotopic (exact) mass is 216 g/mol. The van der Waals surface area contributed by atoms with Gasteiger partial charge in [-0.05, 0) is 36.5 Å². The molecule has 1 rings (SSSR count). The molecule has 1 aromatic rings. The molecule has 1 heteroatoms. The highest BCUT2D eigenvalue weighted by Gasteiger charge is 1.94. The van der Waals surface area contributed by atoms with Crippen LogP contribution in [0.4, 0.5) is 0 Å². The lowest BCUT2D eigenvalue weighted by molar-refractivity contribution is 0.297. The van der Waals surface area contributed by atoms with Gasteiger partial charge in [-0.3, -0.25) is 0 Å². The van der Waals surface area contributed by atoms with Gasteiger partial charge in [-0.2, -0.15) is 0 Å². The summed E-state index contributed by atoms with van der Waals surface area (Å²) in [7, 11) is 0. The van der Waals surface area contributed by atoms with Gasteiger partial charge >= 0.3 is 0 Å². The third-order valence-corrected chi connectivity index (χ3v) is 2.49. The fourth-order valence-corrected chi connectivity index (χ4v) is 1.53. The van der Waals surface area contributed by atoms with E-state index < -0.39 is 0 Å². The highest BCUT2D eigenvalue weighted by molar-refractivity contribution is 5.48. The Bertz CT molecular complexity index is 345. The van der Waals surface area contributed by atoms with E-state index in [1.807, 2.05) is 24.3 Å². The second kappa shape index (κ2) is 7.92. The van der Waals surface area contributed by atoms with E-state index in [1.54, 1.807) is 0 Å². The molecule has 16 heavy (non-hydrogen) atoms. The minimum absolute atomic E-state index is 0.217. The largest absolute Gasteiger partial charge is 0.396 e. The molecule has 0 saturated carbocycles. The van der Waals surface area contributed by atoms with Crippen LogP contribution in [0, 0.1) is 0 Å². The number of hydrogen-bond acceptors (Lipinski definition) is 1. The molecule has 0 aliphatic rings. The van der Waals surface area contributed by atoms with Crippen LogP contribution in [0.25, 0.3) is 6.08 Å². The van der Waals surface area contributed by atoms with E-state index in [9.17, 15) is 0 Å². The van der Waals surface area contributed by atoms with Crippen molar-refractivity contribution in [1.82, 2.24) is 0 Å². The van der Waals surface area contributed by atoms with E-state index in [2.05, 4.69) is 24.8 Å². The number of aliphatic hydroxyl groups is 1. The van der Waals surface area contributed by atoms with Crippen LogP contribution in [0.3, 0.4) is 0 Å². The van der Waals surface area contributed by atoms with E-state index in [0.29, 0.717) is 0 Å². The maximum Gasteiger partial charge on any atom is 0.0474 e. The third-order valence-electron chi connectivity index (χ3n) is 2.49. The van der Waals surface area contributed by atoms with Crippen molar-refractivity contribution in [3.8, 4) is 0 Å². The zero-order valence-electron chi connectivity index (χ0n) is 9.95. The predicted octanol–water partition coefficient (Wildman–Crippen LogP) is 3.80. The van der Waals surface area contributed by atoms with Crippen LogP contribution < -0.4 is 0 Å². The van der Waals surface area contributed by atoms with Crippen LogP contribution >= 0.6 is 0 Å². The number of aliphatic hydroxyl groups excluding tert-OH is 1. The number of hydrogen-bond donors (Lipinski definition) is 1. The van der Waals surface area contributed by atoms with Gasteiger partial charge in [0, 0.05) is 6.61 Å². The molecular formula is C15H20O. The van der Waals surface area contributed by atoms with Crippen molar-refractivity contribution < 1.29 is 5.11 Å². The first-order chi connectivity index (χ1) is 7.86. The lowest BCUT2D eigenvalue weighted by atomic mass is 10.1.